The summed E-state index contributed by atoms with van der Waals surface area (Å²) in [7, 11) is 3.13. The van der Waals surface area contributed by atoms with Crippen LogP contribution in [0.3, 0.4) is 0 Å². The highest BCUT2D eigenvalue weighted by atomic mass is 16.6. The first-order valence-electron chi connectivity index (χ1n) is 7.60. The third kappa shape index (κ3) is 4.69. The van der Waals surface area contributed by atoms with Crippen LogP contribution in [0, 0.1) is 17.0 Å². The molecule has 9 nitrogen and oxygen atoms in total. The number of methoxy groups -OCH3 is 2. The molecule has 1 heterocycles. The maximum atomic E-state index is 11.9. The Labute approximate surface area is 144 Å². The Morgan fingerprint density at radius 1 is 1.32 bits per heavy atom. The molecule has 0 fully saturated rings. The van der Waals surface area contributed by atoms with E-state index in [4.69, 9.17) is 9.47 Å². The van der Waals surface area contributed by atoms with Gasteiger partial charge in [0.1, 0.15) is 18.4 Å². The van der Waals surface area contributed by atoms with E-state index in [0.29, 0.717) is 24.5 Å². The lowest BCUT2D eigenvalue weighted by atomic mass is 10.1. The summed E-state index contributed by atoms with van der Waals surface area (Å²) in [5, 5.41) is 17.5. The Balaban J connectivity index is 1.86. The van der Waals surface area contributed by atoms with Crippen LogP contribution in [0.15, 0.2) is 24.4 Å². The number of ether oxygens (including phenoxy) is 2. The quantitative estimate of drug-likeness (QED) is 0.572. The summed E-state index contributed by atoms with van der Waals surface area (Å²) in [5.41, 5.74) is 1.17. The molecule has 0 atom stereocenters. The second-order valence-corrected chi connectivity index (χ2v) is 5.34. The maximum Gasteiger partial charge on any atom is 0.309 e. The van der Waals surface area contributed by atoms with Gasteiger partial charge in [0.05, 0.1) is 19.1 Å². The summed E-state index contributed by atoms with van der Waals surface area (Å²) in [4.78, 5) is 22.2. The Kier molecular flexibility index (Phi) is 5.93. The van der Waals surface area contributed by atoms with Crippen molar-refractivity contribution in [3.8, 4) is 11.5 Å². The molecule has 0 saturated carbocycles. The highest BCUT2D eigenvalue weighted by molar-refractivity contribution is 5.75. The van der Waals surface area contributed by atoms with E-state index in [0.717, 1.165) is 5.56 Å². The third-order valence-corrected chi connectivity index (χ3v) is 3.61. The van der Waals surface area contributed by atoms with Gasteiger partial charge in [0.25, 0.3) is 0 Å². The van der Waals surface area contributed by atoms with Gasteiger partial charge in [-0.15, -0.1) is 0 Å². The average molecular weight is 348 g/mol. The SMILES string of the molecule is COc1ccc(CCNC(=O)Cn2cc([N+](=O)[O-])c(C)n2)cc1OC. The molecular formula is C16H20N4O5. The van der Waals surface area contributed by atoms with Crippen LogP contribution in [-0.4, -0.2) is 41.4 Å². The van der Waals surface area contributed by atoms with Crippen LogP contribution in [0.25, 0.3) is 0 Å². The number of nitrogens with zero attached hydrogens (tertiary/aromatic N) is 3. The Morgan fingerprint density at radius 3 is 2.64 bits per heavy atom. The molecule has 0 spiro atoms. The zero-order valence-electron chi connectivity index (χ0n) is 14.3. The van der Waals surface area contributed by atoms with Crippen molar-refractivity contribution in [3.63, 3.8) is 0 Å². The summed E-state index contributed by atoms with van der Waals surface area (Å²) >= 11 is 0. The lowest BCUT2D eigenvalue weighted by molar-refractivity contribution is -0.385. The van der Waals surface area contributed by atoms with Crippen LogP contribution in [0.2, 0.25) is 0 Å². The zero-order chi connectivity index (χ0) is 18.4. The number of benzene rings is 1. The number of hydrogen-bond donors (Lipinski definition) is 1. The van der Waals surface area contributed by atoms with Gasteiger partial charge < -0.3 is 14.8 Å². The molecule has 1 aromatic carbocycles. The molecule has 2 aromatic rings. The fourth-order valence-electron chi connectivity index (χ4n) is 2.35. The van der Waals surface area contributed by atoms with Crippen molar-refractivity contribution in [2.75, 3.05) is 20.8 Å². The first-order valence-corrected chi connectivity index (χ1v) is 7.60. The van der Waals surface area contributed by atoms with E-state index in [-0.39, 0.29) is 23.8 Å². The van der Waals surface area contributed by atoms with Gasteiger partial charge in [-0.1, -0.05) is 6.07 Å². The number of nitro groups is 1. The fourth-order valence-corrected chi connectivity index (χ4v) is 2.35. The molecule has 0 bridgehead atoms. The molecule has 2 rings (SSSR count). The van der Waals surface area contributed by atoms with Crippen LogP contribution < -0.4 is 14.8 Å². The number of amides is 1. The summed E-state index contributed by atoms with van der Waals surface area (Å²) < 4.78 is 11.7. The minimum Gasteiger partial charge on any atom is -0.493 e. The minimum atomic E-state index is -0.520. The van der Waals surface area contributed by atoms with E-state index < -0.39 is 4.92 Å². The average Bonchev–Trinajstić information content (AvgIpc) is 2.95. The molecule has 1 N–H and O–H groups in total. The molecule has 0 radical (unpaired) electrons. The topological polar surface area (TPSA) is 109 Å². The van der Waals surface area contributed by atoms with Crippen molar-refractivity contribution >= 4 is 11.6 Å². The first-order chi connectivity index (χ1) is 11.9. The maximum absolute atomic E-state index is 11.9. The number of nitrogens with one attached hydrogen (secondary N) is 1. The van der Waals surface area contributed by atoms with Crippen LogP contribution >= 0.6 is 0 Å². The second kappa shape index (κ2) is 8.13. The standard InChI is InChI=1S/C16H20N4O5/c1-11-13(20(22)23)9-19(18-11)10-16(21)17-7-6-12-4-5-14(24-2)15(8-12)25-3/h4-5,8-9H,6-7,10H2,1-3H3,(H,17,21). The van der Waals surface area contributed by atoms with Crippen molar-refractivity contribution in [3.05, 3.63) is 45.8 Å². The van der Waals surface area contributed by atoms with Crippen molar-refractivity contribution < 1.29 is 19.2 Å². The van der Waals surface area contributed by atoms with Gasteiger partial charge >= 0.3 is 5.69 Å². The lowest BCUT2D eigenvalue weighted by Crippen LogP contribution is -2.29. The lowest BCUT2D eigenvalue weighted by Gasteiger charge is -2.10. The van der Waals surface area contributed by atoms with E-state index in [1.54, 1.807) is 14.2 Å². The van der Waals surface area contributed by atoms with Gasteiger partial charge in [-0.25, -0.2) is 0 Å². The number of carbonyl (C=O) groups is 1. The van der Waals surface area contributed by atoms with E-state index in [2.05, 4.69) is 10.4 Å². The highest BCUT2D eigenvalue weighted by Gasteiger charge is 2.16. The number of rotatable bonds is 8. The first kappa shape index (κ1) is 18.2. The van der Waals surface area contributed by atoms with Crippen molar-refractivity contribution in [1.82, 2.24) is 15.1 Å². The van der Waals surface area contributed by atoms with Gasteiger partial charge in [0, 0.05) is 6.54 Å². The summed E-state index contributed by atoms with van der Waals surface area (Å²) in [6.45, 7) is 1.89. The smallest absolute Gasteiger partial charge is 0.309 e. The Hall–Kier alpha value is -3.10. The highest BCUT2D eigenvalue weighted by Crippen LogP contribution is 2.27. The minimum absolute atomic E-state index is 0.0688. The molecular weight excluding hydrogens is 328 g/mol. The number of carbonyl (C=O) groups excluding carboxylic acids is 1. The zero-order valence-corrected chi connectivity index (χ0v) is 14.3. The van der Waals surface area contributed by atoms with Gasteiger partial charge in [-0.05, 0) is 31.0 Å². The van der Waals surface area contributed by atoms with Crippen LogP contribution in [-0.2, 0) is 17.8 Å². The summed E-state index contributed by atoms with van der Waals surface area (Å²) in [6, 6.07) is 5.56. The number of aromatic nitrogens is 2. The van der Waals surface area contributed by atoms with Crippen LogP contribution in [0.5, 0.6) is 11.5 Å². The molecule has 0 aliphatic rings. The second-order valence-electron chi connectivity index (χ2n) is 5.34. The number of hydrogen-bond acceptors (Lipinski definition) is 6. The molecule has 0 aliphatic carbocycles. The van der Waals surface area contributed by atoms with Gasteiger partial charge in [0.2, 0.25) is 5.91 Å². The fraction of sp³-hybridized carbons (Fsp3) is 0.375. The predicted molar refractivity (Wildman–Crippen MR) is 89.9 cm³/mol. The van der Waals surface area contributed by atoms with Crippen molar-refractivity contribution in [2.24, 2.45) is 0 Å². The molecule has 1 aromatic heterocycles. The molecule has 134 valence electrons. The van der Waals surface area contributed by atoms with Gasteiger partial charge in [-0.3, -0.25) is 19.6 Å². The Bertz CT molecular complexity index is 772. The van der Waals surface area contributed by atoms with Crippen LogP contribution in [0.1, 0.15) is 11.3 Å². The van der Waals surface area contributed by atoms with E-state index >= 15 is 0 Å². The number of aryl methyl sites for hydroxylation is 1. The molecule has 0 unspecified atom stereocenters. The third-order valence-electron chi connectivity index (χ3n) is 3.61. The molecule has 9 heteroatoms. The molecule has 25 heavy (non-hydrogen) atoms. The molecule has 1 amide bonds. The van der Waals surface area contributed by atoms with E-state index in [1.165, 1.54) is 17.8 Å². The normalized spacial score (nSPS) is 10.4. The van der Waals surface area contributed by atoms with Crippen molar-refractivity contribution in [1.29, 1.82) is 0 Å². The van der Waals surface area contributed by atoms with E-state index in [9.17, 15) is 14.9 Å². The van der Waals surface area contributed by atoms with E-state index in [1.807, 2.05) is 18.2 Å². The molecule has 0 aliphatic heterocycles. The van der Waals surface area contributed by atoms with Gasteiger partial charge in [-0.2, -0.15) is 5.10 Å². The van der Waals surface area contributed by atoms with Crippen LogP contribution in [0.4, 0.5) is 5.69 Å². The monoisotopic (exact) mass is 348 g/mol. The largest absolute Gasteiger partial charge is 0.493 e. The Morgan fingerprint density at radius 2 is 2.04 bits per heavy atom. The summed E-state index contributed by atoms with van der Waals surface area (Å²) in [6.07, 6.45) is 1.87. The molecule has 0 saturated heterocycles. The van der Waals surface area contributed by atoms with Gasteiger partial charge in [0.15, 0.2) is 11.5 Å². The van der Waals surface area contributed by atoms with Crippen molar-refractivity contribution in [2.45, 2.75) is 19.9 Å². The predicted octanol–water partition coefficient (Wildman–Crippen LogP) is 1.48. The summed E-state index contributed by atoms with van der Waals surface area (Å²) in [5.74, 6) is 1.01.